The molecule has 5 rings (SSSR count). The van der Waals surface area contributed by atoms with E-state index in [9.17, 15) is 9.59 Å². The summed E-state index contributed by atoms with van der Waals surface area (Å²) in [5.41, 5.74) is 2.95. The number of hydrogen-bond donors (Lipinski definition) is 1. The largest absolute Gasteiger partial charge is 0.497 e. The van der Waals surface area contributed by atoms with Crippen LogP contribution in [0.15, 0.2) is 42.5 Å². The van der Waals surface area contributed by atoms with Crippen LogP contribution in [0, 0.1) is 12.8 Å². The van der Waals surface area contributed by atoms with Gasteiger partial charge in [0.1, 0.15) is 30.0 Å². The molecule has 35 heavy (non-hydrogen) atoms. The van der Waals surface area contributed by atoms with E-state index >= 15 is 0 Å². The highest BCUT2D eigenvalue weighted by Gasteiger charge is 2.57. The molecule has 9 heteroatoms. The van der Waals surface area contributed by atoms with E-state index in [0.717, 1.165) is 29.9 Å². The van der Waals surface area contributed by atoms with E-state index < -0.39 is 12.2 Å². The van der Waals surface area contributed by atoms with Gasteiger partial charge in [0.2, 0.25) is 0 Å². The van der Waals surface area contributed by atoms with Gasteiger partial charge in [-0.15, -0.1) is 0 Å². The third kappa shape index (κ3) is 3.88. The van der Waals surface area contributed by atoms with Crippen molar-refractivity contribution in [1.29, 1.82) is 0 Å². The van der Waals surface area contributed by atoms with E-state index in [2.05, 4.69) is 22.0 Å². The minimum absolute atomic E-state index is 0.160. The van der Waals surface area contributed by atoms with Crippen LogP contribution in [-0.2, 0) is 11.3 Å². The molecular formula is C26H33N5O4. The number of benzene rings is 2. The first kappa shape index (κ1) is 23.4. The van der Waals surface area contributed by atoms with Gasteiger partial charge in [-0.25, -0.2) is 4.79 Å². The molecule has 3 fully saturated rings. The Balaban J connectivity index is 1.48. The summed E-state index contributed by atoms with van der Waals surface area (Å²) in [7, 11) is 5.04. The van der Waals surface area contributed by atoms with Crippen molar-refractivity contribution < 1.29 is 19.1 Å². The summed E-state index contributed by atoms with van der Waals surface area (Å²) in [6, 6.07) is 12.9. The zero-order chi connectivity index (χ0) is 24.9. The highest BCUT2D eigenvalue weighted by Crippen LogP contribution is 2.39. The number of carbonyl (C=O) groups is 2. The fourth-order valence-electron chi connectivity index (χ4n) is 5.53. The molecule has 0 aromatic heterocycles. The second-order valence-corrected chi connectivity index (χ2v) is 9.67. The first-order chi connectivity index (χ1) is 16.8. The zero-order valence-electron chi connectivity index (χ0n) is 20.9. The molecule has 0 radical (unpaired) electrons. The minimum Gasteiger partial charge on any atom is -0.497 e. The maximum absolute atomic E-state index is 13.8. The minimum atomic E-state index is -0.471. The highest BCUT2D eigenvalue weighted by atomic mass is 16.5. The highest BCUT2D eigenvalue weighted by molar-refractivity contribution is 6.00. The fourth-order valence-corrected chi connectivity index (χ4v) is 5.53. The molecule has 3 amide bonds. The van der Waals surface area contributed by atoms with Crippen molar-refractivity contribution in [2.45, 2.75) is 38.9 Å². The van der Waals surface area contributed by atoms with Gasteiger partial charge in [0, 0.05) is 26.2 Å². The summed E-state index contributed by atoms with van der Waals surface area (Å²) in [5.74, 6) is 1.56. The second kappa shape index (κ2) is 9.05. The number of nitrogens with one attached hydrogen (secondary N) is 1. The van der Waals surface area contributed by atoms with Crippen molar-refractivity contribution in [2.24, 2.45) is 5.92 Å². The molecule has 2 aromatic carbocycles. The number of likely N-dealkylation sites (N-methyl/N-ethyl adjacent to an activating group) is 1. The van der Waals surface area contributed by atoms with Gasteiger partial charge in [0.25, 0.3) is 5.91 Å². The molecule has 0 saturated carbocycles. The van der Waals surface area contributed by atoms with Gasteiger partial charge >= 0.3 is 6.03 Å². The lowest BCUT2D eigenvalue weighted by Crippen LogP contribution is -2.66. The Morgan fingerprint density at radius 3 is 2.54 bits per heavy atom. The van der Waals surface area contributed by atoms with Gasteiger partial charge in [-0.3, -0.25) is 19.9 Å². The molecule has 3 saturated heterocycles. The van der Waals surface area contributed by atoms with Gasteiger partial charge in [0.05, 0.1) is 26.5 Å². The summed E-state index contributed by atoms with van der Waals surface area (Å²) < 4.78 is 11.1. The number of carbonyl (C=O) groups excluding carboxylic acids is 2. The molecule has 2 aromatic rings. The summed E-state index contributed by atoms with van der Waals surface area (Å²) in [6.45, 7) is 5.98. The van der Waals surface area contributed by atoms with Gasteiger partial charge in [0.15, 0.2) is 0 Å². The summed E-state index contributed by atoms with van der Waals surface area (Å²) in [5, 5.41) is 3.57. The van der Waals surface area contributed by atoms with Crippen molar-refractivity contribution in [3.63, 3.8) is 0 Å². The Morgan fingerprint density at radius 2 is 1.83 bits per heavy atom. The van der Waals surface area contributed by atoms with Gasteiger partial charge in [-0.05, 0) is 36.1 Å². The SMILES string of the molecule is COc1ccc(N2CC(C)CN3C4C(=O)N(Cc5ccccc5C)C(=O)N(C)C4NC23)c(OC)c1. The number of aryl methyl sites for hydroxylation is 1. The molecule has 9 nitrogen and oxygen atoms in total. The Labute approximate surface area is 206 Å². The maximum atomic E-state index is 13.8. The average molecular weight is 480 g/mol. The summed E-state index contributed by atoms with van der Waals surface area (Å²) >= 11 is 0. The smallest absolute Gasteiger partial charge is 0.328 e. The van der Waals surface area contributed by atoms with Crippen LogP contribution in [0.4, 0.5) is 10.5 Å². The lowest BCUT2D eigenvalue weighted by Gasteiger charge is -2.46. The number of ether oxygens (including phenoxy) is 2. The van der Waals surface area contributed by atoms with Crippen LogP contribution < -0.4 is 19.7 Å². The quantitative estimate of drug-likeness (QED) is 0.706. The van der Waals surface area contributed by atoms with E-state index in [1.807, 2.05) is 49.4 Å². The Hall–Kier alpha value is -3.30. The van der Waals surface area contributed by atoms with Crippen LogP contribution in [0.1, 0.15) is 18.1 Å². The van der Waals surface area contributed by atoms with Crippen molar-refractivity contribution in [1.82, 2.24) is 20.0 Å². The van der Waals surface area contributed by atoms with E-state index in [1.165, 1.54) is 4.90 Å². The van der Waals surface area contributed by atoms with Crippen LogP contribution in [0.25, 0.3) is 0 Å². The van der Waals surface area contributed by atoms with Gasteiger partial charge in [-0.2, -0.15) is 0 Å². The standard InChI is InChI=1S/C26H33N5O4/c1-16-13-29(20-11-10-19(34-4)12-21(20)35-5)25-27-23-22(30(25)14-16)24(32)31(26(33)28(23)3)15-18-9-7-6-8-17(18)2/h6-12,16,22-23,25,27H,13-15H2,1-5H3. The number of nitrogens with zero attached hydrogens (tertiary/aromatic N) is 4. The van der Waals surface area contributed by atoms with E-state index in [0.29, 0.717) is 17.4 Å². The fraction of sp³-hybridized carbons (Fsp3) is 0.462. The topological polar surface area (TPSA) is 77.6 Å². The van der Waals surface area contributed by atoms with Crippen molar-refractivity contribution in [3.05, 3.63) is 53.6 Å². The first-order valence-electron chi connectivity index (χ1n) is 12.0. The molecule has 4 unspecified atom stereocenters. The van der Waals surface area contributed by atoms with Crippen molar-refractivity contribution >= 4 is 17.6 Å². The first-order valence-corrected chi connectivity index (χ1v) is 12.0. The molecule has 0 spiro atoms. The summed E-state index contributed by atoms with van der Waals surface area (Å²) in [6.07, 6.45) is -0.661. The molecule has 1 N–H and O–H groups in total. The number of urea groups is 1. The van der Waals surface area contributed by atoms with Gasteiger partial charge < -0.3 is 19.3 Å². The van der Waals surface area contributed by atoms with E-state index in [-0.39, 0.29) is 24.8 Å². The van der Waals surface area contributed by atoms with E-state index in [1.54, 1.807) is 26.2 Å². The molecule has 3 aliphatic heterocycles. The predicted molar refractivity (Wildman–Crippen MR) is 132 cm³/mol. The normalized spacial score (nSPS) is 26.6. The lowest BCUT2D eigenvalue weighted by atomic mass is 10.0. The molecule has 186 valence electrons. The van der Waals surface area contributed by atoms with Crippen molar-refractivity contribution in [2.75, 3.05) is 39.3 Å². The molecule has 0 aliphatic carbocycles. The van der Waals surface area contributed by atoms with Crippen LogP contribution in [0.2, 0.25) is 0 Å². The number of hydrogen-bond acceptors (Lipinski definition) is 7. The van der Waals surface area contributed by atoms with Crippen molar-refractivity contribution in [3.8, 4) is 11.5 Å². The predicted octanol–water partition coefficient (Wildman–Crippen LogP) is 2.45. The van der Waals surface area contributed by atoms with Crippen LogP contribution in [0.5, 0.6) is 11.5 Å². The third-order valence-electron chi connectivity index (χ3n) is 7.37. The number of methoxy groups -OCH3 is 2. The Morgan fingerprint density at radius 1 is 1.06 bits per heavy atom. The Kier molecular flexibility index (Phi) is 6.06. The maximum Gasteiger partial charge on any atom is 0.328 e. The number of rotatable bonds is 5. The average Bonchev–Trinajstić information content (AvgIpc) is 3.25. The van der Waals surface area contributed by atoms with Crippen LogP contribution in [0.3, 0.4) is 0 Å². The van der Waals surface area contributed by atoms with E-state index in [4.69, 9.17) is 9.47 Å². The second-order valence-electron chi connectivity index (χ2n) is 9.67. The lowest BCUT2D eigenvalue weighted by molar-refractivity contribution is -0.139. The number of fused-ring (bicyclic) bond motifs is 3. The number of imide groups is 1. The molecule has 3 heterocycles. The Bertz CT molecular complexity index is 1140. The summed E-state index contributed by atoms with van der Waals surface area (Å²) in [4.78, 5) is 34.6. The number of amides is 3. The third-order valence-corrected chi connectivity index (χ3v) is 7.37. The zero-order valence-corrected chi connectivity index (χ0v) is 20.9. The molecular weight excluding hydrogens is 446 g/mol. The molecule has 3 aliphatic rings. The van der Waals surface area contributed by atoms with Gasteiger partial charge in [-0.1, -0.05) is 31.2 Å². The molecule has 0 bridgehead atoms. The van der Waals surface area contributed by atoms with Crippen LogP contribution >= 0.6 is 0 Å². The van der Waals surface area contributed by atoms with Crippen LogP contribution in [-0.4, -0.2) is 79.5 Å². The molecule has 4 atom stereocenters. The number of anilines is 1. The monoisotopic (exact) mass is 479 g/mol.